The number of nitrogens with zero attached hydrogens (tertiary/aromatic N) is 1. The third-order valence-electron chi connectivity index (χ3n) is 3.19. The largest absolute Gasteiger partial charge is 0.388 e. The average Bonchev–Trinajstić information content (AvgIpc) is 2.67. The highest BCUT2D eigenvalue weighted by Crippen LogP contribution is 2.41. The van der Waals surface area contributed by atoms with Crippen molar-refractivity contribution in [1.29, 1.82) is 0 Å². The molecule has 2 heteroatoms. The molecule has 1 N–H and O–H groups in total. The molecule has 2 nitrogen and oxygen atoms in total. The number of hydrogen-bond donors (Lipinski definition) is 1. The molecule has 2 rings (SSSR count). The minimum absolute atomic E-state index is 0.133. The van der Waals surface area contributed by atoms with Crippen molar-refractivity contribution in [1.82, 2.24) is 4.90 Å². The number of hydrogen-bond acceptors (Lipinski definition) is 2. The second-order valence-electron chi connectivity index (χ2n) is 4.21. The lowest BCUT2D eigenvalue weighted by Crippen LogP contribution is -2.28. The molecule has 0 bridgehead atoms. The van der Waals surface area contributed by atoms with Gasteiger partial charge in [0.1, 0.15) is 0 Å². The van der Waals surface area contributed by atoms with Crippen molar-refractivity contribution >= 4 is 0 Å². The summed E-state index contributed by atoms with van der Waals surface area (Å²) in [6.45, 7) is 1.02. The Morgan fingerprint density at radius 2 is 1.76 bits per heavy atom. The lowest BCUT2D eigenvalue weighted by molar-refractivity contribution is 0.139. The Morgan fingerprint density at radius 3 is 2.35 bits per heavy atom. The summed E-state index contributed by atoms with van der Waals surface area (Å²) in [5.74, 6) is 5.25. The first kappa shape index (κ1) is 11.7. The van der Waals surface area contributed by atoms with E-state index in [0.29, 0.717) is 19.5 Å². The van der Waals surface area contributed by atoms with Crippen molar-refractivity contribution in [3.8, 4) is 24.7 Å². The van der Waals surface area contributed by atoms with Gasteiger partial charge in [0, 0.05) is 6.04 Å². The molecule has 1 aromatic rings. The normalized spacial score (nSPS) is 21.9. The van der Waals surface area contributed by atoms with Crippen LogP contribution in [-0.2, 0) is 0 Å². The molecular formula is C15H15NO. The number of terminal acetylenes is 2. The van der Waals surface area contributed by atoms with Crippen LogP contribution in [0.1, 0.15) is 29.7 Å². The van der Waals surface area contributed by atoms with E-state index in [1.165, 1.54) is 0 Å². The summed E-state index contributed by atoms with van der Waals surface area (Å²) in [6.07, 6.45) is 11.0. The maximum atomic E-state index is 10.0. The smallest absolute Gasteiger partial charge is 0.0811 e. The van der Waals surface area contributed by atoms with E-state index in [0.717, 1.165) is 11.1 Å². The van der Waals surface area contributed by atoms with Crippen molar-refractivity contribution in [2.24, 2.45) is 0 Å². The van der Waals surface area contributed by atoms with Gasteiger partial charge in [0.25, 0.3) is 0 Å². The first-order chi connectivity index (χ1) is 8.27. The van der Waals surface area contributed by atoms with Gasteiger partial charge >= 0.3 is 0 Å². The molecule has 0 aliphatic heterocycles. The summed E-state index contributed by atoms with van der Waals surface area (Å²) in [5.41, 5.74) is 2.14. The predicted molar refractivity (Wildman–Crippen MR) is 68.0 cm³/mol. The zero-order valence-corrected chi connectivity index (χ0v) is 9.63. The van der Waals surface area contributed by atoms with Gasteiger partial charge in [-0.15, -0.1) is 12.8 Å². The van der Waals surface area contributed by atoms with E-state index in [-0.39, 0.29) is 6.04 Å². The molecule has 1 aromatic carbocycles. The van der Waals surface area contributed by atoms with E-state index >= 15 is 0 Å². The average molecular weight is 225 g/mol. The quantitative estimate of drug-likeness (QED) is 0.792. The van der Waals surface area contributed by atoms with E-state index in [2.05, 4.69) is 16.7 Å². The van der Waals surface area contributed by atoms with E-state index in [9.17, 15) is 5.11 Å². The van der Waals surface area contributed by atoms with Gasteiger partial charge in [-0.3, -0.25) is 4.90 Å². The molecule has 0 fully saturated rings. The van der Waals surface area contributed by atoms with Gasteiger partial charge in [-0.1, -0.05) is 36.1 Å². The van der Waals surface area contributed by atoms with E-state index in [1.807, 2.05) is 24.3 Å². The summed E-state index contributed by atoms with van der Waals surface area (Å²) >= 11 is 0. The SMILES string of the molecule is C#CCN(CC#C)[C@@H]1C[C@@H](O)c2ccccc21. The van der Waals surface area contributed by atoms with Crippen LogP contribution >= 0.6 is 0 Å². The molecule has 0 saturated carbocycles. The summed E-state index contributed by atoms with van der Waals surface area (Å²) < 4.78 is 0. The highest BCUT2D eigenvalue weighted by Gasteiger charge is 2.32. The third-order valence-corrected chi connectivity index (χ3v) is 3.19. The van der Waals surface area contributed by atoms with Crippen LogP contribution in [0.5, 0.6) is 0 Å². The summed E-state index contributed by atoms with van der Waals surface area (Å²) in [6, 6.07) is 8.05. The van der Waals surface area contributed by atoms with Gasteiger partial charge in [-0.05, 0) is 17.5 Å². The minimum atomic E-state index is -0.408. The number of benzene rings is 1. The Balaban J connectivity index is 2.29. The molecule has 1 aliphatic rings. The van der Waals surface area contributed by atoms with Gasteiger partial charge < -0.3 is 5.11 Å². The van der Waals surface area contributed by atoms with Gasteiger partial charge in [0.2, 0.25) is 0 Å². The maximum absolute atomic E-state index is 10.0. The van der Waals surface area contributed by atoms with Gasteiger partial charge in [0.05, 0.1) is 19.2 Å². The van der Waals surface area contributed by atoms with Crippen LogP contribution in [-0.4, -0.2) is 23.1 Å². The molecule has 0 aromatic heterocycles. The number of fused-ring (bicyclic) bond motifs is 1. The van der Waals surface area contributed by atoms with E-state index in [1.54, 1.807) is 0 Å². The van der Waals surface area contributed by atoms with Crippen LogP contribution in [0.25, 0.3) is 0 Å². The fourth-order valence-corrected chi connectivity index (χ4v) is 2.44. The van der Waals surface area contributed by atoms with Gasteiger partial charge in [0.15, 0.2) is 0 Å². The lowest BCUT2D eigenvalue weighted by atomic mass is 10.1. The van der Waals surface area contributed by atoms with Crippen LogP contribution in [0.2, 0.25) is 0 Å². The second kappa shape index (κ2) is 5.06. The van der Waals surface area contributed by atoms with Crippen molar-refractivity contribution in [3.05, 3.63) is 35.4 Å². The van der Waals surface area contributed by atoms with Crippen LogP contribution in [0.4, 0.5) is 0 Å². The lowest BCUT2D eigenvalue weighted by Gasteiger charge is -2.25. The Hall–Kier alpha value is -1.74. The second-order valence-corrected chi connectivity index (χ2v) is 4.21. The summed E-state index contributed by atoms with van der Waals surface area (Å²) in [7, 11) is 0. The van der Waals surface area contributed by atoms with E-state index in [4.69, 9.17) is 12.8 Å². The Labute approximate surface area is 102 Å². The molecule has 0 saturated heterocycles. The number of aliphatic hydroxyl groups excluding tert-OH is 1. The summed E-state index contributed by atoms with van der Waals surface area (Å²) in [5, 5.41) is 10.0. The van der Waals surface area contributed by atoms with Gasteiger partial charge in [-0.2, -0.15) is 0 Å². The molecular weight excluding hydrogens is 210 g/mol. The predicted octanol–water partition coefficient (Wildman–Crippen LogP) is 1.73. The fourth-order valence-electron chi connectivity index (χ4n) is 2.44. The van der Waals surface area contributed by atoms with Crippen LogP contribution < -0.4 is 0 Å². The first-order valence-corrected chi connectivity index (χ1v) is 5.65. The van der Waals surface area contributed by atoms with Crippen molar-refractivity contribution in [3.63, 3.8) is 0 Å². The number of rotatable bonds is 3. The zero-order valence-electron chi connectivity index (χ0n) is 9.63. The van der Waals surface area contributed by atoms with E-state index < -0.39 is 6.10 Å². The van der Waals surface area contributed by atoms with Crippen LogP contribution in [0, 0.1) is 24.7 Å². The minimum Gasteiger partial charge on any atom is -0.388 e. The maximum Gasteiger partial charge on any atom is 0.0811 e. The Kier molecular flexibility index (Phi) is 3.49. The zero-order chi connectivity index (χ0) is 12.3. The first-order valence-electron chi connectivity index (χ1n) is 5.65. The molecule has 0 unspecified atom stereocenters. The highest BCUT2D eigenvalue weighted by molar-refractivity contribution is 5.36. The van der Waals surface area contributed by atoms with Crippen molar-refractivity contribution in [2.75, 3.05) is 13.1 Å². The Morgan fingerprint density at radius 1 is 1.18 bits per heavy atom. The van der Waals surface area contributed by atoms with Gasteiger partial charge in [-0.25, -0.2) is 0 Å². The molecule has 0 heterocycles. The summed E-state index contributed by atoms with van der Waals surface area (Å²) in [4.78, 5) is 2.05. The van der Waals surface area contributed by atoms with Crippen molar-refractivity contribution in [2.45, 2.75) is 18.6 Å². The molecule has 86 valence electrons. The third kappa shape index (κ3) is 2.19. The van der Waals surface area contributed by atoms with Crippen LogP contribution in [0.15, 0.2) is 24.3 Å². The monoisotopic (exact) mass is 225 g/mol. The van der Waals surface area contributed by atoms with Crippen LogP contribution in [0.3, 0.4) is 0 Å². The topological polar surface area (TPSA) is 23.5 Å². The highest BCUT2D eigenvalue weighted by atomic mass is 16.3. The molecule has 0 spiro atoms. The molecule has 0 radical (unpaired) electrons. The number of aliphatic hydroxyl groups is 1. The fraction of sp³-hybridized carbons (Fsp3) is 0.333. The Bertz CT molecular complexity index is 464. The molecule has 2 atom stereocenters. The molecule has 17 heavy (non-hydrogen) atoms. The molecule has 0 amide bonds. The van der Waals surface area contributed by atoms with Crippen molar-refractivity contribution < 1.29 is 5.11 Å². The standard InChI is InChI=1S/C15H15NO/c1-3-9-16(10-4-2)14-11-15(17)13-8-6-5-7-12(13)14/h1-2,5-8,14-15,17H,9-11H2/t14-,15-/m1/s1. The molecule has 1 aliphatic carbocycles.